The number of carbonyl (C=O) groups excluding carboxylic acids is 2. The van der Waals surface area contributed by atoms with E-state index in [9.17, 15) is 9.59 Å². The number of Topliss-reactive ketones (excluding diaryl/α,β-unsaturated/α-hetero) is 2. The zero-order valence-electron chi connectivity index (χ0n) is 12.6. The van der Waals surface area contributed by atoms with Crippen molar-refractivity contribution < 1.29 is 9.59 Å². The molecule has 0 aromatic heterocycles. The first kappa shape index (κ1) is 17.1. The molecule has 0 heterocycles. The van der Waals surface area contributed by atoms with Crippen LogP contribution >= 0.6 is 0 Å². The molecule has 0 fully saturated rings. The van der Waals surface area contributed by atoms with Gasteiger partial charge in [0, 0.05) is 19.3 Å². The largest absolute Gasteiger partial charge is 0.300 e. The normalized spacial score (nSPS) is 13.8. The lowest BCUT2D eigenvalue weighted by atomic mass is 9.90. The van der Waals surface area contributed by atoms with E-state index in [0.29, 0.717) is 31.1 Å². The highest BCUT2D eigenvalue weighted by Gasteiger charge is 2.12. The average Bonchev–Trinajstić information content (AvgIpc) is 2.23. The van der Waals surface area contributed by atoms with E-state index in [4.69, 9.17) is 0 Å². The zero-order valence-corrected chi connectivity index (χ0v) is 12.6. The molecule has 0 saturated carbocycles. The zero-order chi connectivity index (χ0) is 14.1. The Morgan fingerprint density at radius 2 is 1.61 bits per heavy atom. The molecule has 18 heavy (non-hydrogen) atoms. The van der Waals surface area contributed by atoms with Gasteiger partial charge < -0.3 is 4.79 Å². The van der Waals surface area contributed by atoms with E-state index in [1.165, 1.54) is 12.5 Å². The van der Waals surface area contributed by atoms with Gasteiger partial charge >= 0.3 is 0 Å². The fourth-order valence-electron chi connectivity index (χ4n) is 2.11. The van der Waals surface area contributed by atoms with Gasteiger partial charge in [-0.3, -0.25) is 4.79 Å². The van der Waals surface area contributed by atoms with Gasteiger partial charge in [-0.25, -0.2) is 0 Å². The molecule has 0 aromatic carbocycles. The summed E-state index contributed by atoms with van der Waals surface area (Å²) in [6.07, 6.45) is 5.87. The second-order valence-corrected chi connectivity index (χ2v) is 5.91. The predicted molar refractivity (Wildman–Crippen MR) is 76.5 cm³/mol. The molecule has 2 atom stereocenters. The Kier molecular flexibility index (Phi) is 8.61. The number of carbonyl (C=O) groups is 2. The fourth-order valence-corrected chi connectivity index (χ4v) is 2.11. The Bertz CT molecular complexity index is 298. The molecule has 0 amide bonds. The molecule has 2 unspecified atom stereocenters. The van der Waals surface area contributed by atoms with Crippen LogP contribution in [0, 0.1) is 11.8 Å². The van der Waals surface area contributed by atoms with Crippen LogP contribution in [0.2, 0.25) is 0 Å². The minimum absolute atomic E-state index is 0.105. The highest BCUT2D eigenvalue weighted by Crippen LogP contribution is 2.20. The molecule has 2 nitrogen and oxygen atoms in total. The maximum Gasteiger partial charge on any atom is 0.133 e. The van der Waals surface area contributed by atoms with E-state index in [1.807, 2.05) is 0 Å². The Morgan fingerprint density at radius 3 is 2.11 bits per heavy atom. The van der Waals surface area contributed by atoms with Crippen LogP contribution in [0.1, 0.15) is 66.7 Å². The Hall–Kier alpha value is -0.920. The van der Waals surface area contributed by atoms with Crippen LogP contribution in [0.15, 0.2) is 11.6 Å². The van der Waals surface area contributed by atoms with E-state index in [0.717, 1.165) is 12.8 Å². The molecular formula is C16H28O2. The first-order chi connectivity index (χ1) is 8.31. The van der Waals surface area contributed by atoms with E-state index in [-0.39, 0.29) is 11.6 Å². The summed E-state index contributed by atoms with van der Waals surface area (Å²) in [6.45, 7) is 10.1. The van der Waals surface area contributed by atoms with Gasteiger partial charge in [-0.2, -0.15) is 0 Å². The van der Waals surface area contributed by atoms with Gasteiger partial charge in [0.05, 0.1) is 0 Å². The van der Waals surface area contributed by atoms with Crippen LogP contribution in [0.25, 0.3) is 0 Å². The van der Waals surface area contributed by atoms with Gasteiger partial charge in [0.25, 0.3) is 0 Å². The maximum absolute atomic E-state index is 11.6. The molecule has 0 spiro atoms. The average molecular weight is 252 g/mol. The Balaban J connectivity index is 3.88. The lowest BCUT2D eigenvalue weighted by Crippen LogP contribution is -2.10. The smallest absolute Gasteiger partial charge is 0.133 e. The number of allylic oxidation sites excluding steroid dienone is 2. The minimum Gasteiger partial charge on any atom is -0.300 e. The van der Waals surface area contributed by atoms with Crippen molar-refractivity contribution in [1.29, 1.82) is 0 Å². The standard InChI is InChI=1S/C16H28O2/c1-12(2)6-7-13(3)10-14(4)11-16(18)9-8-15(5)17/h6,13-14H,7-11H2,1-5H3. The lowest BCUT2D eigenvalue weighted by Gasteiger charge is -2.15. The Morgan fingerprint density at radius 1 is 1.00 bits per heavy atom. The van der Waals surface area contributed by atoms with Gasteiger partial charge in [-0.15, -0.1) is 0 Å². The summed E-state index contributed by atoms with van der Waals surface area (Å²) in [6, 6.07) is 0. The quantitative estimate of drug-likeness (QED) is 0.572. The van der Waals surface area contributed by atoms with E-state index >= 15 is 0 Å². The van der Waals surface area contributed by atoms with Crippen molar-refractivity contribution in [2.75, 3.05) is 0 Å². The van der Waals surface area contributed by atoms with Gasteiger partial charge in [-0.1, -0.05) is 25.5 Å². The topological polar surface area (TPSA) is 34.1 Å². The highest BCUT2D eigenvalue weighted by atomic mass is 16.1. The highest BCUT2D eigenvalue weighted by molar-refractivity contribution is 5.84. The van der Waals surface area contributed by atoms with Crippen LogP contribution in [-0.4, -0.2) is 11.6 Å². The summed E-state index contributed by atoms with van der Waals surface area (Å²) in [4.78, 5) is 22.4. The summed E-state index contributed by atoms with van der Waals surface area (Å²) in [7, 11) is 0. The summed E-state index contributed by atoms with van der Waals surface area (Å²) >= 11 is 0. The fraction of sp³-hybridized carbons (Fsp3) is 0.750. The molecule has 0 bridgehead atoms. The number of hydrogen-bond donors (Lipinski definition) is 0. The van der Waals surface area contributed by atoms with E-state index < -0.39 is 0 Å². The molecule has 0 aliphatic rings. The van der Waals surface area contributed by atoms with Crippen LogP contribution in [-0.2, 0) is 9.59 Å². The molecule has 2 heteroatoms. The van der Waals surface area contributed by atoms with E-state index in [2.05, 4.69) is 33.8 Å². The number of ketones is 2. The summed E-state index contributed by atoms with van der Waals surface area (Å²) in [5.74, 6) is 1.38. The monoisotopic (exact) mass is 252 g/mol. The minimum atomic E-state index is 0.105. The molecule has 0 rings (SSSR count). The van der Waals surface area contributed by atoms with Crippen molar-refractivity contribution in [3.05, 3.63) is 11.6 Å². The van der Waals surface area contributed by atoms with Crippen molar-refractivity contribution in [2.45, 2.75) is 66.7 Å². The second kappa shape index (κ2) is 9.07. The second-order valence-electron chi connectivity index (χ2n) is 5.91. The van der Waals surface area contributed by atoms with Crippen LogP contribution in [0.4, 0.5) is 0 Å². The number of hydrogen-bond acceptors (Lipinski definition) is 2. The van der Waals surface area contributed by atoms with Gasteiger partial charge in [0.15, 0.2) is 0 Å². The number of rotatable bonds is 9. The first-order valence-electron chi connectivity index (χ1n) is 6.95. The third-order valence-electron chi connectivity index (χ3n) is 3.07. The summed E-state index contributed by atoms with van der Waals surface area (Å²) in [5, 5.41) is 0. The SMILES string of the molecule is CC(=O)CCC(=O)CC(C)CC(C)CC=C(C)C. The maximum atomic E-state index is 11.6. The van der Waals surface area contributed by atoms with Crippen molar-refractivity contribution in [2.24, 2.45) is 11.8 Å². The molecular weight excluding hydrogens is 224 g/mol. The molecule has 0 aromatic rings. The van der Waals surface area contributed by atoms with Crippen molar-refractivity contribution in [1.82, 2.24) is 0 Å². The van der Waals surface area contributed by atoms with Gasteiger partial charge in [0.2, 0.25) is 0 Å². The third kappa shape index (κ3) is 10.2. The molecule has 0 aliphatic heterocycles. The van der Waals surface area contributed by atoms with E-state index in [1.54, 1.807) is 0 Å². The van der Waals surface area contributed by atoms with Crippen molar-refractivity contribution >= 4 is 11.6 Å². The van der Waals surface area contributed by atoms with Crippen LogP contribution in [0.5, 0.6) is 0 Å². The van der Waals surface area contributed by atoms with Crippen molar-refractivity contribution in [3.8, 4) is 0 Å². The molecule has 0 radical (unpaired) electrons. The predicted octanol–water partition coefficient (Wildman–Crippen LogP) is 4.33. The van der Waals surface area contributed by atoms with Gasteiger partial charge in [0.1, 0.15) is 11.6 Å². The molecule has 0 aliphatic carbocycles. The molecule has 0 N–H and O–H groups in total. The Labute approximate surface area is 112 Å². The first-order valence-corrected chi connectivity index (χ1v) is 6.95. The van der Waals surface area contributed by atoms with Crippen LogP contribution < -0.4 is 0 Å². The summed E-state index contributed by atoms with van der Waals surface area (Å²) < 4.78 is 0. The van der Waals surface area contributed by atoms with Crippen LogP contribution in [0.3, 0.4) is 0 Å². The summed E-state index contributed by atoms with van der Waals surface area (Å²) in [5.41, 5.74) is 1.35. The van der Waals surface area contributed by atoms with Crippen molar-refractivity contribution in [3.63, 3.8) is 0 Å². The van der Waals surface area contributed by atoms with Gasteiger partial charge in [-0.05, 0) is 45.4 Å². The lowest BCUT2D eigenvalue weighted by molar-refractivity contribution is -0.123. The molecule has 104 valence electrons. The molecule has 0 saturated heterocycles. The third-order valence-corrected chi connectivity index (χ3v) is 3.07.